The van der Waals surface area contributed by atoms with Crippen LogP contribution in [0.25, 0.3) is 21.5 Å². The highest BCUT2D eigenvalue weighted by Crippen LogP contribution is 2.32. The van der Waals surface area contributed by atoms with E-state index in [1.54, 1.807) is 11.3 Å². The second-order valence-electron chi connectivity index (χ2n) is 5.65. The maximum Gasteiger partial charge on any atom is 0.416 e. The second-order valence-corrected chi connectivity index (χ2v) is 7.00. The van der Waals surface area contributed by atoms with Gasteiger partial charge in [0.1, 0.15) is 0 Å². The predicted octanol–water partition coefficient (Wildman–Crippen LogP) is 6.21. The van der Waals surface area contributed by atoms with Gasteiger partial charge in [0, 0.05) is 15.3 Å². The summed E-state index contributed by atoms with van der Waals surface area (Å²) in [6.45, 7) is 0. The minimum absolute atomic E-state index is 0.186. The first-order valence-electron chi connectivity index (χ1n) is 7.56. The first kappa shape index (κ1) is 17.1. The molecule has 3 nitrogen and oxygen atoms in total. The maximum absolute atomic E-state index is 12.6. The van der Waals surface area contributed by atoms with Gasteiger partial charge in [0.05, 0.1) is 12.0 Å². The Balaban J connectivity index is 1.59. The normalized spacial score (nSPS) is 12.0. The predicted molar refractivity (Wildman–Crippen MR) is 94.4 cm³/mol. The van der Waals surface area contributed by atoms with Gasteiger partial charge < -0.3 is 4.42 Å². The Morgan fingerprint density at radius 2 is 1.81 bits per heavy atom. The minimum atomic E-state index is -4.38. The van der Waals surface area contributed by atoms with Crippen molar-refractivity contribution in [3.05, 3.63) is 69.9 Å². The third-order valence-electron chi connectivity index (χ3n) is 3.88. The zero-order valence-electron chi connectivity index (χ0n) is 13.0. The van der Waals surface area contributed by atoms with E-state index in [0.29, 0.717) is 22.9 Å². The summed E-state index contributed by atoms with van der Waals surface area (Å²) in [6.07, 6.45) is -3.95. The van der Waals surface area contributed by atoms with Crippen LogP contribution in [0.4, 0.5) is 13.2 Å². The summed E-state index contributed by atoms with van der Waals surface area (Å²) in [7, 11) is 0. The Kier molecular flexibility index (Phi) is 4.20. The molecule has 0 atom stereocenters. The van der Waals surface area contributed by atoms with E-state index in [0.717, 1.165) is 27.8 Å². The molecule has 0 radical (unpaired) electrons. The molecular formula is C18H10ClF3N2OS. The van der Waals surface area contributed by atoms with Gasteiger partial charge in [-0.1, -0.05) is 11.6 Å². The topological polar surface area (TPSA) is 38.9 Å². The average Bonchev–Trinajstić information content (AvgIpc) is 3.22. The fourth-order valence-corrected chi connectivity index (χ4v) is 3.71. The Morgan fingerprint density at radius 3 is 2.54 bits per heavy atom. The largest absolute Gasteiger partial charge is 0.420 e. The Bertz CT molecular complexity index is 1070. The molecule has 132 valence electrons. The Hall–Kier alpha value is -2.38. The number of aromatic nitrogens is 2. The fourth-order valence-electron chi connectivity index (χ4n) is 2.60. The van der Waals surface area contributed by atoms with Crippen molar-refractivity contribution in [1.29, 1.82) is 0 Å². The molecule has 26 heavy (non-hydrogen) atoms. The zero-order chi connectivity index (χ0) is 18.3. The molecular weight excluding hydrogens is 385 g/mol. The standard InChI is InChI=1S/C18H10ClF3N2OS/c19-13-5-6-15-14(8-13)11(9-26-15)7-16-23-24-17(25-16)10-1-3-12(4-2-10)18(20,21)22/h1-6,8-9H,7H2. The van der Waals surface area contributed by atoms with Crippen molar-refractivity contribution in [1.82, 2.24) is 10.2 Å². The van der Waals surface area contributed by atoms with Gasteiger partial charge in [0.2, 0.25) is 11.8 Å². The third kappa shape index (κ3) is 3.32. The monoisotopic (exact) mass is 394 g/mol. The lowest BCUT2D eigenvalue weighted by atomic mass is 10.1. The number of alkyl halides is 3. The van der Waals surface area contributed by atoms with Gasteiger partial charge in [-0.2, -0.15) is 13.2 Å². The molecule has 2 aromatic heterocycles. The van der Waals surface area contributed by atoms with Crippen molar-refractivity contribution < 1.29 is 17.6 Å². The quantitative estimate of drug-likeness (QED) is 0.414. The molecule has 4 rings (SSSR count). The number of rotatable bonds is 3. The van der Waals surface area contributed by atoms with Gasteiger partial charge in [-0.25, -0.2) is 0 Å². The molecule has 0 unspecified atom stereocenters. The van der Waals surface area contributed by atoms with Gasteiger partial charge in [-0.3, -0.25) is 0 Å². The lowest BCUT2D eigenvalue weighted by molar-refractivity contribution is -0.137. The van der Waals surface area contributed by atoms with Crippen molar-refractivity contribution >= 4 is 33.0 Å². The highest BCUT2D eigenvalue weighted by molar-refractivity contribution is 7.17. The van der Waals surface area contributed by atoms with Crippen LogP contribution in [0, 0.1) is 0 Å². The van der Waals surface area contributed by atoms with Crippen molar-refractivity contribution in [2.24, 2.45) is 0 Å². The van der Waals surface area contributed by atoms with Crippen LogP contribution < -0.4 is 0 Å². The zero-order valence-corrected chi connectivity index (χ0v) is 14.6. The van der Waals surface area contributed by atoms with Crippen LogP contribution in [0.15, 0.2) is 52.3 Å². The molecule has 2 aromatic carbocycles. The van der Waals surface area contributed by atoms with Crippen molar-refractivity contribution in [2.45, 2.75) is 12.6 Å². The van der Waals surface area contributed by atoms with Gasteiger partial charge in [-0.15, -0.1) is 21.5 Å². The summed E-state index contributed by atoms with van der Waals surface area (Å²) in [5.41, 5.74) is 0.729. The first-order valence-corrected chi connectivity index (χ1v) is 8.81. The summed E-state index contributed by atoms with van der Waals surface area (Å²) >= 11 is 7.65. The van der Waals surface area contributed by atoms with Crippen LogP contribution in [-0.2, 0) is 12.6 Å². The molecule has 0 N–H and O–H groups in total. The Morgan fingerprint density at radius 1 is 1.04 bits per heavy atom. The number of thiophene rings is 1. The summed E-state index contributed by atoms with van der Waals surface area (Å²) < 4.78 is 44.6. The molecule has 2 heterocycles. The highest BCUT2D eigenvalue weighted by Gasteiger charge is 2.30. The highest BCUT2D eigenvalue weighted by atomic mass is 35.5. The number of halogens is 4. The van der Waals surface area contributed by atoms with Crippen LogP contribution in [-0.4, -0.2) is 10.2 Å². The Labute approximate surface area is 155 Å². The number of nitrogens with zero attached hydrogens (tertiary/aromatic N) is 2. The van der Waals surface area contributed by atoms with E-state index in [1.807, 2.05) is 23.6 Å². The molecule has 0 bridgehead atoms. The van der Waals surface area contributed by atoms with E-state index < -0.39 is 11.7 Å². The van der Waals surface area contributed by atoms with E-state index in [-0.39, 0.29) is 5.89 Å². The van der Waals surface area contributed by atoms with Gasteiger partial charge in [0.25, 0.3) is 0 Å². The van der Waals surface area contributed by atoms with Crippen LogP contribution in [0.3, 0.4) is 0 Å². The maximum atomic E-state index is 12.6. The second kappa shape index (κ2) is 6.41. The molecule has 4 aromatic rings. The fraction of sp³-hybridized carbons (Fsp3) is 0.111. The third-order valence-corrected chi connectivity index (χ3v) is 5.13. The summed E-state index contributed by atoms with van der Waals surface area (Å²) in [5, 5.41) is 11.6. The summed E-state index contributed by atoms with van der Waals surface area (Å²) in [4.78, 5) is 0. The number of fused-ring (bicyclic) bond motifs is 1. The SMILES string of the molecule is FC(F)(F)c1ccc(-c2nnc(Cc3csc4ccc(Cl)cc34)o2)cc1. The number of hydrogen-bond acceptors (Lipinski definition) is 4. The lowest BCUT2D eigenvalue weighted by Crippen LogP contribution is -2.03. The molecule has 0 spiro atoms. The molecule has 0 fully saturated rings. The number of benzene rings is 2. The smallest absolute Gasteiger partial charge is 0.416 e. The van der Waals surface area contributed by atoms with Crippen LogP contribution in [0.1, 0.15) is 17.0 Å². The van der Waals surface area contributed by atoms with E-state index >= 15 is 0 Å². The van der Waals surface area contributed by atoms with Crippen LogP contribution >= 0.6 is 22.9 Å². The van der Waals surface area contributed by atoms with Crippen LogP contribution in [0.2, 0.25) is 5.02 Å². The summed E-state index contributed by atoms with van der Waals surface area (Å²) in [6, 6.07) is 10.3. The molecule has 0 saturated carbocycles. The van der Waals surface area contributed by atoms with Crippen LogP contribution in [0.5, 0.6) is 0 Å². The molecule has 0 aliphatic heterocycles. The average molecular weight is 395 g/mol. The van der Waals surface area contributed by atoms with E-state index in [4.69, 9.17) is 16.0 Å². The molecule has 0 saturated heterocycles. The van der Waals surface area contributed by atoms with Gasteiger partial charge in [0.15, 0.2) is 0 Å². The first-order chi connectivity index (χ1) is 12.4. The van der Waals surface area contributed by atoms with E-state index in [1.165, 1.54) is 12.1 Å². The van der Waals surface area contributed by atoms with Crippen molar-refractivity contribution in [3.63, 3.8) is 0 Å². The van der Waals surface area contributed by atoms with E-state index in [9.17, 15) is 13.2 Å². The van der Waals surface area contributed by atoms with E-state index in [2.05, 4.69) is 10.2 Å². The van der Waals surface area contributed by atoms with Crippen molar-refractivity contribution in [2.75, 3.05) is 0 Å². The molecule has 8 heteroatoms. The molecule has 0 amide bonds. The minimum Gasteiger partial charge on any atom is -0.420 e. The summed E-state index contributed by atoms with van der Waals surface area (Å²) in [5.74, 6) is 0.575. The molecule has 0 aliphatic rings. The van der Waals surface area contributed by atoms with Gasteiger partial charge in [-0.05, 0) is 58.8 Å². The molecule has 0 aliphatic carbocycles. The van der Waals surface area contributed by atoms with Gasteiger partial charge >= 0.3 is 6.18 Å². The lowest BCUT2D eigenvalue weighted by Gasteiger charge is -2.05. The van der Waals surface area contributed by atoms with Crippen molar-refractivity contribution in [3.8, 4) is 11.5 Å². The number of hydrogen-bond donors (Lipinski definition) is 0.